The monoisotopic (exact) mass is 493 g/mol. The van der Waals surface area contributed by atoms with Crippen molar-refractivity contribution in [2.75, 3.05) is 12.4 Å². The Bertz CT molecular complexity index is 881. The summed E-state index contributed by atoms with van der Waals surface area (Å²) in [5, 5.41) is 2.84. The van der Waals surface area contributed by atoms with E-state index in [9.17, 15) is 9.59 Å². The maximum atomic E-state index is 13.0. The minimum absolute atomic E-state index is 0.128. The Morgan fingerprint density at radius 2 is 1.67 bits per heavy atom. The average Bonchev–Trinajstić information content (AvgIpc) is 2.59. The van der Waals surface area contributed by atoms with Crippen LogP contribution in [0, 0.1) is 5.41 Å². The normalized spacial score (nSPS) is 11.9. The summed E-state index contributed by atoms with van der Waals surface area (Å²) in [5.41, 5.74) is 0.961. The van der Waals surface area contributed by atoms with Crippen molar-refractivity contribution in [1.29, 1.82) is 0 Å². The van der Waals surface area contributed by atoms with E-state index >= 15 is 0 Å². The number of benzene rings is 2. The van der Waals surface area contributed by atoms with Gasteiger partial charge in [-0.3, -0.25) is 9.59 Å². The molecule has 0 bridgehead atoms. The second-order valence-corrected chi connectivity index (χ2v) is 8.75. The Kier molecular flexibility index (Phi) is 7.00. The summed E-state index contributed by atoms with van der Waals surface area (Å²) >= 11 is 6.89. The lowest BCUT2D eigenvalue weighted by atomic mass is 9.88. The maximum Gasteiger partial charge on any atom is 0.256 e. The molecule has 0 spiro atoms. The molecule has 0 fully saturated rings. The van der Waals surface area contributed by atoms with Crippen molar-refractivity contribution in [1.82, 2.24) is 0 Å². The lowest BCUT2D eigenvalue weighted by Crippen LogP contribution is -2.21. The van der Waals surface area contributed by atoms with Crippen molar-refractivity contribution in [3.8, 4) is 5.75 Å². The van der Waals surface area contributed by atoms with Crippen LogP contribution in [0.15, 0.2) is 57.5 Å². The van der Waals surface area contributed by atoms with Crippen LogP contribution in [0.25, 0.3) is 5.57 Å². The molecular weight excluding hydrogens is 474 g/mol. The zero-order chi connectivity index (χ0) is 20.2. The number of anilines is 1. The van der Waals surface area contributed by atoms with Crippen molar-refractivity contribution in [3.63, 3.8) is 0 Å². The van der Waals surface area contributed by atoms with Gasteiger partial charge in [0.15, 0.2) is 5.78 Å². The quantitative estimate of drug-likeness (QED) is 0.530. The third kappa shape index (κ3) is 5.78. The highest BCUT2D eigenvalue weighted by molar-refractivity contribution is 9.11. The second kappa shape index (κ2) is 8.85. The van der Waals surface area contributed by atoms with E-state index in [0.29, 0.717) is 22.6 Å². The predicted molar refractivity (Wildman–Crippen MR) is 116 cm³/mol. The molecule has 0 saturated carbocycles. The highest BCUT2D eigenvalue weighted by Crippen LogP contribution is 2.30. The summed E-state index contributed by atoms with van der Waals surface area (Å²) in [6, 6.07) is 12.5. The van der Waals surface area contributed by atoms with Gasteiger partial charge in [0.2, 0.25) is 0 Å². The molecule has 1 amide bonds. The molecule has 4 nitrogen and oxygen atoms in total. The molecule has 0 aliphatic heterocycles. The van der Waals surface area contributed by atoms with Gasteiger partial charge in [0.05, 0.1) is 12.7 Å². The fourth-order valence-electron chi connectivity index (χ4n) is 2.19. The molecule has 2 aromatic carbocycles. The molecule has 2 rings (SSSR count). The van der Waals surface area contributed by atoms with Crippen LogP contribution in [-0.2, 0) is 9.59 Å². The van der Waals surface area contributed by atoms with Crippen LogP contribution in [0.4, 0.5) is 5.69 Å². The maximum absolute atomic E-state index is 13.0. The molecule has 1 N–H and O–H groups in total. The highest BCUT2D eigenvalue weighted by Gasteiger charge is 2.23. The van der Waals surface area contributed by atoms with Crippen LogP contribution in [0.1, 0.15) is 26.3 Å². The summed E-state index contributed by atoms with van der Waals surface area (Å²) in [6.45, 7) is 5.46. The summed E-state index contributed by atoms with van der Waals surface area (Å²) < 4.78 is 6.72. The average molecular weight is 495 g/mol. The van der Waals surface area contributed by atoms with E-state index in [4.69, 9.17) is 4.74 Å². The first kappa shape index (κ1) is 21.4. The lowest BCUT2D eigenvalue weighted by Gasteiger charge is -2.16. The van der Waals surface area contributed by atoms with E-state index in [-0.39, 0.29) is 11.7 Å². The Morgan fingerprint density at radius 3 is 2.19 bits per heavy atom. The number of halogens is 2. The number of allylic oxidation sites excluding steroid dienone is 1. The molecule has 142 valence electrons. The van der Waals surface area contributed by atoms with E-state index in [0.717, 1.165) is 8.95 Å². The molecule has 0 heterocycles. The number of nitrogens with one attached hydrogen (secondary N) is 1. The van der Waals surface area contributed by atoms with Gasteiger partial charge >= 0.3 is 0 Å². The molecule has 27 heavy (non-hydrogen) atoms. The minimum Gasteiger partial charge on any atom is -0.497 e. The second-order valence-electron chi connectivity index (χ2n) is 6.98. The summed E-state index contributed by atoms with van der Waals surface area (Å²) in [5.74, 6) is 0.209. The topological polar surface area (TPSA) is 55.4 Å². The van der Waals surface area contributed by atoms with Gasteiger partial charge in [-0.2, -0.15) is 0 Å². The van der Waals surface area contributed by atoms with Crippen molar-refractivity contribution < 1.29 is 14.3 Å². The van der Waals surface area contributed by atoms with Crippen molar-refractivity contribution in [2.45, 2.75) is 20.8 Å². The number of rotatable bonds is 5. The van der Waals surface area contributed by atoms with E-state index in [1.54, 1.807) is 37.4 Å². The van der Waals surface area contributed by atoms with Gasteiger partial charge in [-0.05, 0) is 42.5 Å². The van der Waals surface area contributed by atoms with E-state index in [1.165, 1.54) is 6.08 Å². The molecule has 2 aromatic rings. The number of methoxy groups -OCH3 is 1. The fraction of sp³-hybridized carbons (Fsp3) is 0.238. The first-order valence-corrected chi connectivity index (χ1v) is 9.87. The molecular formula is C21H21Br2NO3. The highest BCUT2D eigenvalue weighted by atomic mass is 79.9. The van der Waals surface area contributed by atoms with Gasteiger partial charge in [-0.15, -0.1) is 0 Å². The van der Waals surface area contributed by atoms with Crippen LogP contribution in [0.5, 0.6) is 5.75 Å². The number of carbonyl (C=O) groups is 2. The largest absolute Gasteiger partial charge is 0.497 e. The molecule has 0 radical (unpaired) electrons. The summed E-state index contributed by atoms with van der Waals surface area (Å²) in [7, 11) is 1.58. The number of ketones is 1. The SMILES string of the molecule is COc1ccc(NC(=O)C(=CC(=O)C(C)(C)C)c2ccc(Br)cc2Br)cc1. The zero-order valence-electron chi connectivity index (χ0n) is 15.6. The Hall–Kier alpha value is -1.92. The third-order valence-corrected chi connectivity index (χ3v) is 4.98. The molecule has 0 aliphatic carbocycles. The van der Waals surface area contributed by atoms with Crippen LogP contribution >= 0.6 is 31.9 Å². The molecule has 0 unspecified atom stereocenters. The number of carbonyl (C=O) groups excluding carboxylic acids is 2. The number of amides is 1. The van der Waals surface area contributed by atoms with Gasteiger partial charge in [0.1, 0.15) is 5.75 Å². The minimum atomic E-state index is -0.590. The predicted octanol–water partition coefficient (Wildman–Crippen LogP) is 5.86. The summed E-state index contributed by atoms with van der Waals surface area (Å²) in [6.07, 6.45) is 1.41. The lowest BCUT2D eigenvalue weighted by molar-refractivity contribution is -0.121. The molecule has 0 saturated heterocycles. The number of hydrogen-bond acceptors (Lipinski definition) is 3. The van der Waals surface area contributed by atoms with Gasteiger partial charge < -0.3 is 10.1 Å². The van der Waals surface area contributed by atoms with Crippen LogP contribution in [0.3, 0.4) is 0 Å². The van der Waals surface area contributed by atoms with E-state index in [1.807, 2.05) is 32.9 Å². The number of ether oxygens (including phenoxy) is 1. The first-order valence-electron chi connectivity index (χ1n) is 8.29. The molecule has 0 aliphatic rings. The third-order valence-electron chi connectivity index (χ3n) is 3.83. The smallest absolute Gasteiger partial charge is 0.256 e. The van der Waals surface area contributed by atoms with Crippen LogP contribution in [0.2, 0.25) is 0 Å². The molecule has 6 heteroatoms. The molecule has 0 atom stereocenters. The van der Waals surface area contributed by atoms with Gasteiger partial charge in [0.25, 0.3) is 5.91 Å². The van der Waals surface area contributed by atoms with Gasteiger partial charge in [0, 0.05) is 25.6 Å². The Morgan fingerprint density at radius 1 is 1.04 bits per heavy atom. The van der Waals surface area contributed by atoms with E-state index < -0.39 is 5.41 Å². The van der Waals surface area contributed by atoms with Gasteiger partial charge in [-0.1, -0.05) is 58.7 Å². The number of hydrogen-bond donors (Lipinski definition) is 1. The van der Waals surface area contributed by atoms with Crippen molar-refractivity contribution in [3.05, 3.63) is 63.0 Å². The summed E-state index contributed by atoms with van der Waals surface area (Å²) in [4.78, 5) is 25.5. The first-order chi connectivity index (χ1) is 12.6. The van der Waals surface area contributed by atoms with Crippen LogP contribution in [-0.4, -0.2) is 18.8 Å². The van der Waals surface area contributed by atoms with Crippen molar-refractivity contribution >= 4 is 54.8 Å². The fourth-order valence-corrected chi connectivity index (χ4v) is 3.45. The van der Waals surface area contributed by atoms with Crippen molar-refractivity contribution in [2.24, 2.45) is 5.41 Å². The van der Waals surface area contributed by atoms with Crippen LogP contribution < -0.4 is 10.1 Å². The standard InChI is InChI=1S/C21H21Br2NO3/c1-21(2,3)19(25)12-17(16-10-5-13(22)11-18(16)23)20(26)24-14-6-8-15(27-4)9-7-14/h5-12H,1-4H3,(H,24,26). The van der Waals surface area contributed by atoms with E-state index in [2.05, 4.69) is 37.2 Å². The molecule has 0 aromatic heterocycles. The Labute approximate surface area is 176 Å². The Balaban J connectivity index is 2.43. The van der Waals surface area contributed by atoms with Gasteiger partial charge in [-0.25, -0.2) is 0 Å². The zero-order valence-corrected chi connectivity index (χ0v) is 18.8.